The van der Waals surface area contributed by atoms with Gasteiger partial charge in [0, 0.05) is 18.0 Å². The molecule has 20 heavy (non-hydrogen) atoms. The van der Waals surface area contributed by atoms with E-state index in [0.717, 1.165) is 17.7 Å². The third kappa shape index (κ3) is 6.57. The Hall–Kier alpha value is -1.55. The minimum Gasteiger partial charge on any atom is -0.399 e. The molecule has 0 fully saturated rings. The van der Waals surface area contributed by atoms with Gasteiger partial charge in [0.1, 0.15) is 0 Å². The van der Waals surface area contributed by atoms with Gasteiger partial charge in [0.2, 0.25) is 5.91 Å². The second-order valence-corrected chi connectivity index (χ2v) is 6.30. The molecule has 0 unspecified atom stereocenters. The number of ether oxygens (including phenoxy) is 1. The predicted molar refractivity (Wildman–Crippen MR) is 83.7 cm³/mol. The zero-order valence-corrected chi connectivity index (χ0v) is 13.0. The summed E-state index contributed by atoms with van der Waals surface area (Å²) in [5.74, 6) is -0.0337. The minimum atomic E-state index is -0.0337. The third-order valence-corrected chi connectivity index (χ3v) is 2.99. The van der Waals surface area contributed by atoms with Crippen molar-refractivity contribution in [1.82, 2.24) is 0 Å². The van der Waals surface area contributed by atoms with Crippen molar-refractivity contribution in [3.05, 3.63) is 23.8 Å². The van der Waals surface area contributed by atoms with Crippen LogP contribution in [0.25, 0.3) is 0 Å². The Morgan fingerprint density at radius 3 is 2.60 bits per heavy atom. The Morgan fingerprint density at radius 1 is 1.30 bits per heavy atom. The summed E-state index contributed by atoms with van der Waals surface area (Å²) in [4.78, 5) is 11.8. The van der Waals surface area contributed by atoms with Crippen molar-refractivity contribution < 1.29 is 9.53 Å². The number of anilines is 2. The van der Waals surface area contributed by atoms with Gasteiger partial charge in [0.25, 0.3) is 0 Å². The Morgan fingerprint density at radius 2 is 2.00 bits per heavy atom. The maximum Gasteiger partial charge on any atom is 0.226 e. The number of carbonyl (C=O) groups excluding carboxylic acids is 1. The number of rotatable bonds is 6. The monoisotopic (exact) mass is 278 g/mol. The Balaban J connectivity index is 2.27. The maximum atomic E-state index is 11.8. The molecule has 0 aliphatic carbocycles. The summed E-state index contributed by atoms with van der Waals surface area (Å²) in [5.41, 5.74) is 8.41. The van der Waals surface area contributed by atoms with E-state index < -0.39 is 0 Å². The van der Waals surface area contributed by atoms with Crippen molar-refractivity contribution in [3.8, 4) is 0 Å². The molecule has 1 aromatic rings. The molecule has 0 aromatic heterocycles. The van der Waals surface area contributed by atoms with Crippen LogP contribution in [0.2, 0.25) is 0 Å². The zero-order valence-electron chi connectivity index (χ0n) is 13.0. The maximum absolute atomic E-state index is 11.8. The lowest BCUT2D eigenvalue weighted by molar-refractivity contribution is -0.117. The van der Waals surface area contributed by atoms with Gasteiger partial charge >= 0.3 is 0 Å². The fourth-order valence-corrected chi connectivity index (χ4v) is 1.69. The van der Waals surface area contributed by atoms with Gasteiger partial charge in [-0.05, 0) is 42.5 Å². The van der Waals surface area contributed by atoms with Gasteiger partial charge in [-0.1, -0.05) is 20.8 Å². The van der Waals surface area contributed by atoms with Crippen LogP contribution in [0.1, 0.15) is 39.2 Å². The minimum absolute atomic E-state index is 0.0337. The van der Waals surface area contributed by atoms with Crippen molar-refractivity contribution >= 4 is 17.3 Å². The van der Waals surface area contributed by atoms with Gasteiger partial charge in [0.05, 0.1) is 13.0 Å². The number of nitrogen functional groups attached to an aromatic ring is 1. The van der Waals surface area contributed by atoms with Crippen molar-refractivity contribution in [2.75, 3.05) is 24.3 Å². The molecule has 0 saturated heterocycles. The number of nitrogens with two attached hydrogens (primary N) is 1. The van der Waals surface area contributed by atoms with E-state index in [-0.39, 0.29) is 11.3 Å². The second kappa shape index (κ2) is 7.29. The highest BCUT2D eigenvalue weighted by molar-refractivity contribution is 5.91. The molecule has 3 N–H and O–H groups in total. The van der Waals surface area contributed by atoms with Crippen LogP contribution in [-0.4, -0.2) is 19.1 Å². The molecule has 1 aromatic carbocycles. The predicted octanol–water partition coefficient (Wildman–Crippen LogP) is 3.36. The van der Waals surface area contributed by atoms with E-state index in [4.69, 9.17) is 10.5 Å². The third-order valence-electron chi connectivity index (χ3n) is 2.99. The summed E-state index contributed by atoms with van der Waals surface area (Å²) >= 11 is 0. The molecule has 1 rings (SSSR count). The summed E-state index contributed by atoms with van der Waals surface area (Å²) in [6, 6.07) is 5.45. The molecule has 1 amide bonds. The van der Waals surface area contributed by atoms with Gasteiger partial charge in [-0.25, -0.2) is 0 Å². The molecular weight excluding hydrogens is 252 g/mol. The SMILES string of the molecule is Cc1cc(N)ccc1NC(=O)CCOCCC(C)(C)C. The Bertz CT molecular complexity index is 450. The molecule has 0 saturated carbocycles. The highest BCUT2D eigenvalue weighted by Gasteiger charge is 2.10. The summed E-state index contributed by atoms with van der Waals surface area (Å²) in [5, 5.41) is 2.87. The van der Waals surface area contributed by atoms with Crippen molar-refractivity contribution in [1.29, 1.82) is 0 Å². The van der Waals surface area contributed by atoms with E-state index in [1.807, 2.05) is 19.1 Å². The van der Waals surface area contributed by atoms with Crippen LogP contribution in [0.15, 0.2) is 18.2 Å². The smallest absolute Gasteiger partial charge is 0.226 e. The average molecular weight is 278 g/mol. The highest BCUT2D eigenvalue weighted by atomic mass is 16.5. The summed E-state index contributed by atoms with van der Waals surface area (Å²) < 4.78 is 5.49. The fourth-order valence-electron chi connectivity index (χ4n) is 1.69. The standard InChI is InChI=1S/C16H26N2O2/c1-12-11-13(17)5-6-14(12)18-15(19)7-9-20-10-8-16(2,3)4/h5-6,11H,7-10,17H2,1-4H3,(H,18,19). The number of nitrogens with one attached hydrogen (secondary N) is 1. The number of hydrogen-bond donors (Lipinski definition) is 2. The van der Waals surface area contributed by atoms with Crippen LogP contribution >= 0.6 is 0 Å². The molecule has 0 heterocycles. The molecule has 0 bridgehead atoms. The van der Waals surface area contributed by atoms with Gasteiger partial charge in [0.15, 0.2) is 0 Å². The number of carbonyl (C=O) groups is 1. The lowest BCUT2D eigenvalue weighted by Gasteiger charge is -2.17. The average Bonchev–Trinajstić information content (AvgIpc) is 2.31. The molecule has 0 spiro atoms. The molecular formula is C16H26N2O2. The first-order valence-electron chi connectivity index (χ1n) is 7.02. The van der Waals surface area contributed by atoms with Gasteiger partial charge in [-0.15, -0.1) is 0 Å². The first-order chi connectivity index (χ1) is 9.28. The van der Waals surface area contributed by atoms with Crippen LogP contribution in [-0.2, 0) is 9.53 Å². The molecule has 4 heteroatoms. The lowest BCUT2D eigenvalue weighted by Crippen LogP contribution is -2.16. The normalized spacial score (nSPS) is 11.4. The molecule has 0 atom stereocenters. The van der Waals surface area contributed by atoms with Crippen molar-refractivity contribution in [2.24, 2.45) is 5.41 Å². The number of benzene rings is 1. The van der Waals surface area contributed by atoms with Crippen LogP contribution in [0, 0.1) is 12.3 Å². The molecule has 112 valence electrons. The second-order valence-electron chi connectivity index (χ2n) is 6.30. The lowest BCUT2D eigenvalue weighted by atomic mass is 9.93. The summed E-state index contributed by atoms with van der Waals surface area (Å²) in [7, 11) is 0. The van der Waals surface area contributed by atoms with E-state index in [0.29, 0.717) is 25.3 Å². The number of amides is 1. The van der Waals surface area contributed by atoms with Crippen LogP contribution in [0.3, 0.4) is 0 Å². The largest absolute Gasteiger partial charge is 0.399 e. The summed E-state index contributed by atoms with van der Waals surface area (Å²) in [6.45, 7) is 9.59. The van der Waals surface area contributed by atoms with Gasteiger partial charge in [-0.3, -0.25) is 4.79 Å². The van der Waals surface area contributed by atoms with Gasteiger partial charge < -0.3 is 15.8 Å². The molecule has 0 aliphatic rings. The van der Waals surface area contributed by atoms with Crippen molar-refractivity contribution in [3.63, 3.8) is 0 Å². The van der Waals surface area contributed by atoms with E-state index >= 15 is 0 Å². The van der Waals surface area contributed by atoms with E-state index in [9.17, 15) is 4.79 Å². The van der Waals surface area contributed by atoms with E-state index in [1.165, 1.54) is 0 Å². The number of aryl methyl sites for hydroxylation is 1. The van der Waals surface area contributed by atoms with Crippen LogP contribution < -0.4 is 11.1 Å². The first-order valence-corrected chi connectivity index (χ1v) is 7.02. The van der Waals surface area contributed by atoms with Crippen molar-refractivity contribution in [2.45, 2.75) is 40.5 Å². The molecule has 0 radical (unpaired) electrons. The van der Waals surface area contributed by atoms with Crippen LogP contribution in [0.5, 0.6) is 0 Å². The Kier molecular flexibility index (Phi) is 6.02. The molecule has 0 aliphatic heterocycles. The Labute approximate surface area is 121 Å². The quantitative estimate of drug-likeness (QED) is 0.619. The highest BCUT2D eigenvalue weighted by Crippen LogP contribution is 2.19. The molecule has 4 nitrogen and oxygen atoms in total. The van der Waals surface area contributed by atoms with Gasteiger partial charge in [-0.2, -0.15) is 0 Å². The first kappa shape index (κ1) is 16.5. The van der Waals surface area contributed by atoms with E-state index in [1.54, 1.807) is 6.07 Å². The number of hydrogen-bond acceptors (Lipinski definition) is 3. The van der Waals surface area contributed by atoms with E-state index in [2.05, 4.69) is 26.1 Å². The summed E-state index contributed by atoms with van der Waals surface area (Å²) in [6.07, 6.45) is 1.36. The topological polar surface area (TPSA) is 64.3 Å². The van der Waals surface area contributed by atoms with Crippen LogP contribution in [0.4, 0.5) is 11.4 Å². The zero-order chi connectivity index (χ0) is 15.2. The fraction of sp³-hybridized carbons (Fsp3) is 0.562.